The number of hydrogen-bond acceptors (Lipinski definition) is 11. The lowest BCUT2D eigenvalue weighted by Crippen LogP contribution is -2.49. The summed E-state index contributed by atoms with van der Waals surface area (Å²) in [6.45, 7) is 8.22. The molecule has 5 rings (SSSR count). The summed E-state index contributed by atoms with van der Waals surface area (Å²) < 4.78 is 18.8. The highest BCUT2D eigenvalue weighted by atomic mass is 16.6. The lowest BCUT2D eigenvalue weighted by molar-refractivity contribution is -0.156. The maximum atomic E-state index is 13.5. The summed E-state index contributed by atoms with van der Waals surface area (Å²) in [5, 5.41) is 38.0. The summed E-state index contributed by atoms with van der Waals surface area (Å²) in [7, 11) is 0. The predicted octanol–water partition coefficient (Wildman–Crippen LogP) is 3.53. The van der Waals surface area contributed by atoms with Crippen molar-refractivity contribution >= 4 is 16.9 Å². The number of phenolic OH excluding ortho intramolecular Hbond substituents is 2. The summed E-state index contributed by atoms with van der Waals surface area (Å²) >= 11 is 0. The van der Waals surface area contributed by atoms with Crippen molar-refractivity contribution in [2.24, 2.45) is 5.73 Å². The van der Waals surface area contributed by atoms with Crippen LogP contribution >= 0.6 is 0 Å². The molecule has 1 aromatic heterocycles. The fourth-order valence-corrected chi connectivity index (χ4v) is 6.01. The van der Waals surface area contributed by atoms with E-state index in [9.17, 15) is 24.9 Å². The maximum Gasteiger partial charge on any atom is 0.335 e. The zero-order chi connectivity index (χ0) is 33.2. The van der Waals surface area contributed by atoms with Gasteiger partial charge < -0.3 is 45.6 Å². The fraction of sp³-hybridized carbons (Fsp3) is 0.371. The number of nitrogens with two attached hydrogens (primary N) is 1. The van der Waals surface area contributed by atoms with Crippen LogP contribution in [0.25, 0.3) is 11.0 Å². The normalized spacial score (nSPS) is 18.1. The molecule has 3 aromatic rings. The highest BCUT2D eigenvalue weighted by Crippen LogP contribution is 2.50. The van der Waals surface area contributed by atoms with Gasteiger partial charge in [-0.3, -0.25) is 4.79 Å². The van der Waals surface area contributed by atoms with E-state index in [1.165, 1.54) is 0 Å². The standard InChI is InChI=1S/C35H41N3O8/c1-5-20(17-37-6-2)34(43)45-27-16-25-31(42)30-26(41)15-23(18-39)44-33(30)29(32(25)46-35(27,3)4)24(21-10-11-38-28(36)14-21)13-19-8-7-9-22(40)12-19/h5,7-10,12,14-15,24,27,37-40,42H,6,11,13,16-18,36H2,1-4H3/b20-5-/t24-,27-/m1/s1. The number of dihydropyridines is 1. The number of likely N-dealkylation sites (N-methyl/N-ethyl adjacent to an activating group) is 1. The lowest BCUT2D eigenvalue weighted by Gasteiger charge is -2.41. The van der Waals surface area contributed by atoms with Crippen LogP contribution in [0.15, 0.2) is 74.7 Å². The number of benzene rings is 2. The lowest BCUT2D eigenvalue weighted by atomic mass is 9.79. The molecular formula is C35H41N3O8. The minimum Gasteiger partial charge on any atom is -0.508 e. The molecule has 0 amide bonds. The molecule has 0 spiro atoms. The molecule has 2 aliphatic rings. The van der Waals surface area contributed by atoms with E-state index in [-0.39, 0.29) is 40.4 Å². The first-order valence-corrected chi connectivity index (χ1v) is 15.4. The van der Waals surface area contributed by atoms with Crippen molar-refractivity contribution in [2.45, 2.75) is 64.8 Å². The number of allylic oxidation sites excluding steroid dienone is 3. The SMILES string of the molecule is C/C=C(/CNCC)C(=O)O[C@@H]1Cc2c(c([C@H](Cc3cccc(O)c3)C3=CCNC(N)=C3)c3oc(CO)cc(=O)c3c2O)OC1(C)C. The van der Waals surface area contributed by atoms with Crippen molar-refractivity contribution in [1.82, 2.24) is 10.6 Å². The topological polar surface area (TPSA) is 177 Å². The number of ether oxygens (including phenoxy) is 2. The Bertz CT molecular complexity index is 1800. The smallest absolute Gasteiger partial charge is 0.335 e. The van der Waals surface area contributed by atoms with E-state index in [1.807, 2.05) is 19.1 Å². The Morgan fingerprint density at radius 1 is 1.28 bits per heavy atom. The van der Waals surface area contributed by atoms with Gasteiger partial charge in [-0.15, -0.1) is 0 Å². The van der Waals surface area contributed by atoms with E-state index in [2.05, 4.69) is 10.6 Å². The number of aliphatic hydroxyl groups is 1. The third-order valence-electron chi connectivity index (χ3n) is 8.46. The molecule has 2 aromatic carbocycles. The van der Waals surface area contributed by atoms with Gasteiger partial charge >= 0.3 is 5.97 Å². The van der Waals surface area contributed by atoms with Gasteiger partial charge in [-0.2, -0.15) is 0 Å². The Kier molecular flexibility index (Phi) is 9.45. The second-order valence-electron chi connectivity index (χ2n) is 12.0. The second kappa shape index (κ2) is 13.3. The average molecular weight is 632 g/mol. The molecule has 0 radical (unpaired) electrons. The van der Waals surface area contributed by atoms with Gasteiger partial charge in [0.05, 0.1) is 5.82 Å². The Labute approximate surface area is 267 Å². The molecule has 0 fully saturated rings. The molecule has 0 bridgehead atoms. The number of fused-ring (bicyclic) bond motifs is 2. The highest BCUT2D eigenvalue weighted by molar-refractivity contribution is 5.92. The fourth-order valence-electron chi connectivity index (χ4n) is 6.01. The Balaban J connectivity index is 1.74. The van der Waals surface area contributed by atoms with E-state index < -0.39 is 35.6 Å². The van der Waals surface area contributed by atoms with Gasteiger partial charge in [0.15, 0.2) is 5.43 Å². The number of carbonyl (C=O) groups is 1. The molecule has 46 heavy (non-hydrogen) atoms. The summed E-state index contributed by atoms with van der Waals surface area (Å²) in [6, 6.07) is 7.99. The number of aromatic hydroxyl groups is 2. The van der Waals surface area contributed by atoms with Crippen molar-refractivity contribution in [3.63, 3.8) is 0 Å². The van der Waals surface area contributed by atoms with E-state index in [4.69, 9.17) is 19.6 Å². The van der Waals surface area contributed by atoms with E-state index >= 15 is 0 Å². The molecule has 0 unspecified atom stereocenters. The minimum atomic E-state index is -1.07. The Morgan fingerprint density at radius 2 is 2.07 bits per heavy atom. The summed E-state index contributed by atoms with van der Waals surface area (Å²) in [4.78, 5) is 26.7. The number of esters is 1. The summed E-state index contributed by atoms with van der Waals surface area (Å²) in [5.41, 5.74) is 7.46. The number of carbonyl (C=O) groups excluding carboxylic acids is 1. The Hall–Kier alpha value is -4.74. The summed E-state index contributed by atoms with van der Waals surface area (Å²) in [6.07, 6.45) is 5.02. The molecule has 2 atom stereocenters. The largest absolute Gasteiger partial charge is 0.508 e. The number of aliphatic hydroxyl groups excluding tert-OH is 1. The van der Waals surface area contributed by atoms with Crippen molar-refractivity contribution in [3.05, 3.63) is 98.2 Å². The first-order chi connectivity index (χ1) is 22.0. The molecule has 244 valence electrons. The first kappa shape index (κ1) is 32.6. The van der Waals surface area contributed by atoms with Crippen LogP contribution in [0.5, 0.6) is 17.2 Å². The van der Waals surface area contributed by atoms with Gasteiger partial charge in [0.1, 0.15) is 52.3 Å². The average Bonchev–Trinajstić information content (AvgIpc) is 3.01. The van der Waals surface area contributed by atoms with E-state index in [1.54, 1.807) is 51.1 Å². The van der Waals surface area contributed by atoms with Crippen molar-refractivity contribution in [2.75, 3.05) is 19.6 Å². The molecule has 11 heteroatoms. The highest BCUT2D eigenvalue weighted by Gasteiger charge is 2.44. The van der Waals surface area contributed by atoms with E-state index in [0.29, 0.717) is 48.6 Å². The number of rotatable bonds is 10. The van der Waals surface area contributed by atoms with Gasteiger partial charge in [0.2, 0.25) is 0 Å². The third-order valence-corrected chi connectivity index (χ3v) is 8.46. The van der Waals surface area contributed by atoms with Gasteiger partial charge in [-0.25, -0.2) is 4.79 Å². The van der Waals surface area contributed by atoms with Crippen LogP contribution < -0.4 is 26.5 Å². The van der Waals surface area contributed by atoms with Crippen molar-refractivity contribution in [1.29, 1.82) is 0 Å². The van der Waals surface area contributed by atoms with Crippen LogP contribution in [-0.2, 0) is 29.0 Å². The number of nitrogens with one attached hydrogen (secondary N) is 2. The number of hydrogen-bond donors (Lipinski definition) is 6. The van der Waals surface area contributed by atoms with Crippen LogP contribution in [0.4, 0.5) is 0 Å². The van der Waals surface area contributed by atoms with E-state index in [0.717, 1.165) is 17.2 Å². The monoisotopic (exact) mass is 631 g/mol. The molecule has 0 saturated heterocycles. The zero-order valence-electron chi connectivity index (χ0n) is 26.5. The van der Waals surface area contributed by atoms with Crippen LogP contribution in [0.2, 0.25) is 0 Å². The second-order valence-corrected chi connectivity index (χ2v) is 12.0. The molecule has 2 aliphatic heterocycles. The summed E-state index contributed by atoms with van der Waals surface area (Å²) in [5.74, 6) is -0.550. The molecule has 0 saturated carbocycles. The predicted molar refractivity (Wildman–Crippen MR) is 174 cm³/mol. The molecule has 3 heterocycles. The van der Waals surface area contributed by atoms with Crippen LogP contribution in [0.1, 0.15) is 56.1 Å². The van der Waals surface area contributed by atoms with Gasteiger partial charge in [-0.1, -0.05) is 31.2 Å². The molecular weight excluding hydrogens is 590 g/mol. The minimum absolute atomic E-state index is 0.0185. The molecule has 11 nitrogen and oxygen atoms in total. The molecule has 7 N–H and O–H groups in total. The van der Waals surface area contributed by atoms with Gasteiger partial charge in [0.25, 0.3) is 0 Å². The van der Waals surface area contributed by atoms with Crippen molar-refractivity contribution < 1.29 is 34.0 Å². The van der Waals surface area contributed by atoms with Crippen molar-refractivity contribution in [3.8, 4) is 17.2 Å². The third kappa shape index (κ3) is 6.47. The maximum absolute atomic E-state index is 13.5. The van der Waals surface area contributed by atoms with Crippen LogP contribution in [0.3, 0.4) is 0 Å². The van der Waals surface area contributed by atoms with Gasteiger partial charge in [-0.05, 0) is 63.1 Å². The van der Waals surface area contributed by atoms with Crippen LogP contribution in [0, 0.1) is 0 Å². The molecule has 0 aliphatic carbocycles. The zero-order valence-corrected chi connectivity index (χ0v) is 26.5. The quantitative estimate of drug-likeness (QED) is 0.143. The van der Waals surface area contributed by atoms with Crippen LogP contribution in [-0.4, -0.2) is 52.6 Å². The van der Waals surface area contributed by atoms with Gasteiger partial charge in [0, 0.05) is 48.2 Å². The Morgan fingerprint density at radius 3 is 2.74 bits per heavy atom. The first-order valence-electron chi connectivity index (χ1n) is 15.4. The number of phenols is 2.